The number of nitrogens with zero attached hydrogens (tertiary/aromatic N) is 1. The van der Waals surface area contributed by atoms with Crippen molar-refractivity contribution in [1.29, 1.82) is 0 Å². The first-order valence-electron chi connectivity index (χ1n) is 5.51. The normalized spacial score (nSPS) is 11.2. The number of anilines is 3. The van der Waals surface area contributed by atoms with Crippen LogP contribution in [-0.4, -0.2) is 19.7 Å². The lowest BCUT2D eigenvalue weighted by Gasteiger charge is -2.11. The molecule has 0 atom stereocenters. The third kappa shape index (κ3) is 3.22. The summed E-state index contributed by atoms with van der Waals surface area (Å²) in [7, 11) is -3.60. The van der Waals surface area contributed by atoms with Crippen LogP contribution in [0.4, 0.5) is 21.6 Å². The minimum Gasteiger partial charge on any atom is -0.761 e. The van der Waals surface area contributed by atoms with Gasteiger partial charge in [-0.2, -0.15) is 0 Å². The SMILES string of the molecule is CS(=O)(=O)c1ccc(Nc2cc(N[O-])ccn2)cc1F. The molecule has 0 spiro atoms. The largest absolute Gasteiger partial charge is 0.761 e. The minimum atomic E-state index is -3.60. The van der Waals surface area contributed by atoms with Crippen LogP contribution >= 0.6 is 0 Å². The van der Waals surface area contributed by atoms with Gasteiger partial charge in [-0.15, -0.1) is 0 Å². The Kier molecular flexibility index (Phi) is 3.86. The molecule has 2 rings (SSSR count). The summed E-state index contributed by atoms with van der Waals surface area (Å²) in [5, 5.41) is 13.3. The average Bonchev–Trinajstić information content (AvgIpc) is 2.37. The van der Waals surface area contributed by atoms with E-state index in [9.17, 15) is 18.0 Å². The van der Waals surface area contributed by atoms with Crippen molar-refractivity contribution in [2.45, 2.75) is 4.90 Å². The predicted molar refractivity (Wildman–Crippen MR) is 74.0 cm³/mol. The fourth-order valence-electron chi connectivity index (χ4n) is 1.59. The number of sulfone groups is 1. The lowest BCUT2D eigenvalue weighted by Crippen LogP contribution is -2.02. The lowest BCUT2D eigenvalue weighted by atomic mass is 10.3. The van der Waals surface area contributed by atoms with E-state index in [1.165, 1.54) is 30.5 Å². The van der Waals surface area contributed by atoms with Gasteiger partial charge in [0, 0.05) is 29.9 Å². The van der Waals surface area contributed by atoms with Gasteiger partial charge in [-0.3, -0.25) is 0 Å². The molecule has 1 aromatic carbocycles. The average molecular weight is 296 g/mol. The molecule has 0 unspecified atom stereocenters. The summed E-state index contributed by atoms with van der Waals surface area (Å²) in [5.41, 5.74) is 2.34. The second-order valence-electron chi connectivity index (χ2n) is 4.07. The monoisotopic (exact) mass is 296 g/mol. The van der Waals surface area contributed by atoms with Crippen molar-refractivity contribution in [3.8, 4) is 0 Å². The van der Waals surface area contributed by atoms with Crippen LogP contribution in [0.1, 0.15) is 0 Å². The molecular formula is C12H11FN3O3S-. The van der Waals surface area contributed by atoms with E-state index in [1.54, 1.807) is 5.48 Å². The van der Waals surface area contributed by atoms with Crippen LogP contribution in [0.15, 0.2) is 41.4 Å². The zero-order valence-electron chi connectivity index (χ0n) is 10.4. The highest BCUT2D eigenvalue weighted by molar-refractivity contribution is 7.90. The highest BCUT2D eigenvalue weighted by atomic mass is 32.2. The van der Waals surface area contributed by atoms with Crippen molar-refractivity contribution >= 4 is 27.0 Å². The van der Waals surface area contributed by atoms with Crippen molar-refractivity contribution in [1.82, 2.24) is 4.98 Å². The summed E-state index contributed by atoms with van der Waals surface area (Å²) in [5.74, 6) is -0.520. The van der Waals surface area contributed by atoms with Gasteiger partial charge in [0.05, 0.1) is 0 Å². The van der Waals surface area contributed by atoms with Gasteiger partial charge >= 0.3 is 0 Å². The molecule has 20 heavy (non-hydrogen) atoms. The quantitative estimate of drug-likeness (QED) is 0.841. The van der Waals surface area contributed by atoms with Crippen LogP contribution in [0.25, 0.3) is 0 Å². The summed E-state index contributed by atoms with van der Waals surface area (Å²) in [6.07, 6.45) is 2.34. The van der Waals surface area contributed by atoms with Gasteiger partial charge in [0.15, 0.2) is 9.84 Å². The summed E-state index contributed by atoms with van der Waals surface area (Å²) >= 11 is 0. The van der Waals surface area contributed by atoms with E-state index < -0.39 is 15.7 Å². The number of rotatable bonds is 4. The second kappa shape index (κ2) is 5.43. The maximum Gasteiger partial charge on any atom is 0.178 e. The molecule has 0 fully saturated rings. The van der Waals surface area contributed by atoms with Crippen molar-refractivity contribution < 1.29 is 12.8 Å². The van der Waals surface area contributed by atoms with Gasteiger partial charge in [-0.05, 0) is 24.3 Å². The molecule has 0 saturated carbocycles. The standard InChI is InChI=1S/C12H11FN3O3S/c1-20(18,19)11-3-2-8(6-10(11)13)15-12-7-9(16-17)4-5-14-12/h2-7H,1H3,(H2-,14,15,16,17)/q-1. The first-order valence-corrected chi connectivity index (χ1v) is 7.40. The fourth-order valence-corrected chi connectivity index (χ4v) is 2.32. The van der Waals surface area contributed by atoms with Gasteiger partial charge in [-0.25, -0.2) is 17.8 Å². The zero-order chi connectivity index (χ0) is 14.8. The summed E-state index contributed by atoms with van der Waals surface area (Å²) in [6.45, 7) is 0. The lowest BCUT2D eigenvalue weighted by molar-refractivity contribution is 0.571. The van der Waals surface area contributed by atoms with Crippen LogP contribution < -0.4 is 10.8 Å². The van der Waals surface area contributed by atoms with Crippen LogP contribution in [-0.2, 0) is 9.84 Å². The Morgan fingerprint density at radius 3 is 2.55 bits per heavy atom. The van der Waals surface area contributed by atoms with Crippen molar-refractivity contribution in [3.05, 3.63) is 47.6 Å². The molecule has 0 aliphatic rings. The number of benzene rings is 1. The topological polar surface area (TPSA) is 94.2 Å². The molecule has 2 aromatic rings. The zero-order valence-corrected chi connectivity index (χ0v) is 11.2. The van der Waals surface area contributed by atoms with Crippen molar-refractivity contribution in [2.24, 2.45) is 0 Å². The Bertz CT molecular complexity index is 734. The Balaban J connectivity index is 2.29. The van der Waals surface area contributed by atoms with Gasteiger partial charge in [0.25, 0.3) is 0 Å². The van der Waals surface area contributed by atoms with Gasteiger partial charge < -0.3 is 16.0 Å². The predicted octanol–water partition coefficient (Wildman–Crippen LogP) is 2.28. The number of hydrogen-bond acceptors (Lipinski definition) is 6. The molecule has 1 aromatic heterocycles. The first-order chi connectivity index (χ1) is 9.40. The minimum absolute atomic E-state index is 0.302. The molecular weight excluding hydrogens is 285 g/mol. The molecule has 0 saturated heterocycles. The smallest absolute Gasteiger partial charge is 0.178 e. The van der Waals surface area contributed by atoms with E-state index in [-0.39, 0.29) is 4.90 Å². The third-order valence-electron chi connectivity index (χ3n) is 2.48. The second-order valence-corrected chi connectivity index (χ2v) is 6.06. The van der Waals surface area contributed by atoms with Gasteiger partial charge in [0.1, 0.15) is 16.5 Å². The fraction of sp³-hybridized carbons (Fsp3) is 0.0833. The Labute approximate surface area is 115 Å². The molecule has 0 aliphatic carbocycles. The molecule has 1 heterocycles. The Morgan fingerprint density at radius 2 is 1.95 bits per heavy atom. The molecule has 106 valence electrons. The first kappa shape index (κ1) is 14.2. The molecule has 0 aliphatic heterocycles. The van der Waals surface area contributed by atoms with E-state index in [2.05, 4.69) is 10.3 Å². The number of pyridine rings is 1. The number of nitrogens with one attached hydrogen (secondary N) is 2. The van der Waals surface area contributed by atoms with E-state index >= 15 is 0 Å². The molecule has 0 bridgehead atoms. The van der Waals surface area contributed by atoms with E-state index in [0.717, 1.165) is 12.3 Å². The summed E-state index contributed by atoms with van der Waals surface area (Å²) < 4.78 is 36.3. The van der Waals surface area contributed by atoms with Crippen LogP contribution in [0.2, 0.25) is 0 Å². The molecule has 2 N–H and O–H groups in total. The number of halogens is 1. The summed E-state index contributed by atoms with van der Waals surface area (Å²) in [4.78, 5) is 3.58. The van der Waals surface area contributed by atoms with Crippen LogP contribution in [0.5, 0.6) is 0 Å². The van der Waals surface area contributed by atoms with Gasteiger partial charge in [0.2, 0.25) is 0 Å². The Morgan fingerprint density at radius 1 is 1.20 bits per heavy atom. The van der Waals surface area contributed by atoms with E-state index in [1.807, 2.05) is 0 Å². The number of hydrogen-bond donors (Lipinski definition) is 2. The summed E-state index contributed by atoms with van der Waals surface area (Å²) in [6, 6.07) is 6.55. The van der Waals surface area contributed by atoms with Crippen molar-refractivity contribution in [2.75, 3.05) is 17.1 Å². The third-order valence-corrected chi connectivity index (χ3v) is 3.61. The molecule has 0 amide bonds. The van der Waals surface area contributed by atoms with Gasteiger partial charge in [-0.1, -0.05) is 0 Å². The number of aromatic nitrogens is 1. The highest BCUT2D eigenvalue weighted by Gasteiger charge is 2.13. The molecule has 0 radical (unpaired) electrons. The maximum atomic E-state index is 13.7. The molecule has 8 heteroatoms. The highest BCUT2D eigenvalue weighted by Crippen LogP contribution is 2.22. The van der Waals surface area contributed by atoms with Crippen LogP contribution in [0.3, 0.4) is 0 Å². The van der Waals surface area contributed by atoms with E-state index in [4.69, 9.17) is 0 Å². The van der Waals surface area contributed by atoms with E-state index in [0.29, 0.717) is 17.2 Å². The van der Waals surface area contributed by atoms with Crippen LogP contribution in [0, 0.1) is 11.0 Å². The van der Waals surface area contributed by atoms with Crippen molar-refractivity contribution in [3.63, 3.8) is 0 Å². The Hall–Kier alpha value is -2.19. The molecule has 6 nitrogen and oxygen atoms in total. The maximum absolute atomic E-state index is 13.7.